The first-order chi connectivity index (χ1) is 8.23. The molecule has 0 radical (unpaired) electrons. The molecule has 0 bridgehead atoms. The van der Waals surface area contributed by atoms with Crippen molar-refractivity contribution in [1.82, 2.24) is 4.90 Å². The lowest BCUT2D eigenvalue weighted by Crippen LogP contribution is -2.53. The molecule has 1 heterocycles. The number of methoxy groups -OCH3 is 1. The van der Waals surface area contributed by atoms with Crippen LogP contribution in [-0.2, 0) is 19.0 Å². The summed E-state index contributed by atoms with van der Waals surface area (Å²) in [6, 6.07) is 0. The summed E-state index contributed by atoms with van der Waals surface area (Å²) in [6.07, 6.45) is -1.41. The molecule has 2 atom stereocenters. The summed E-state index contributed by atoms with van der Waals surface area (Å²) in [5, 5.41) is 0. The quantitative estimate of drug-likeness (QED) is 0.662. The van der Waals surface area contributed by atoms with Crippen LogP contribution in [0.5, 0.6) is 0 Å². The lowest BCUT2D eigenvalue weighted by atomic mass is 10.2. The first kappa shape index (κ1) is 14.8. The van der Waals surface area contributed by atoms with Gasteiger partial charge in [0.15, 0.2) is 6.10 Å². The van der Waals surface area contributed by atoms with Crippen LogP contribution in [0, 0.1) is 0 Å². The van der Waals surface area contributed by atoms with E-state index in [4.69, 9.17) is 9.47 Å². The molecule has 0 aromatic rings. The van der Waals surface area contributed by atoms with Crippen molar-refractivity contribution >= 4 is 12.1 Å². The van der Waals surface area contributed by atoms with Gasteiger partial charge in [0.25, 0.3) is 0 Å². The molecule has 1 aliphatic rings. The number of esters is 1. The third kappa shape index (κ3) is 4.18. The number of morpholine rings is 1. The number of hydrogen-bond acceptors (Lipinski definition) is 5. The van der Waals surface area contributed by atoms with Crippen LogP contribution in [0.1, 0.15) is 27.7 Å². The molecule has 0 aromatic carbocycles. The summed E-state index contributed by atoms with van der Waals surface area (Å²) in [5.74, 6) is -0.477. The van der Waals surface area contributed by atoms with E-state index in [0.717, 1.165) is 0 Å². The fourth-order valence-corrected chi connectivity index (χ4v) is 1.69. The Morgan fingerprint density at radius 1 is 1.28 bits per heavy atom. The first-order valence-electron chi connectivity index (χ1n) is 5.94. The molecule has 1 fully saturated rings. The van der Waals surface area contributed by atoms with Gasteiger partial charge in [-0.15, -0.1) is 0 Å². The number of ether oxygens (including phenoxy) is 3. The summed E-state index contributed by atoms with van der Waals surface area (Å²) in [5.41, 5.74) is -0.556. The van der Waals surface area contributed by atoms with Crippen molar-refractivity contribution in [3.63, 3.8) is 0 Å². The van der Waals surface area contributed by atoms with E-state index in [1.54, 1.807) is 27.7 Å². The van der Waals surface area contributed by atoms with Gasteiger partial charge in [0.05, 0.1) is 26.3 Å². The van der Waals surface area contributed by atoms with Crippen LogP contribution in [0.2, 0.25) is 0 Å². The number of hydrogen-bond donors (Lipinski definition) is 0. The lowest BCUT2D eigenvalue weighted by molar-refractivity contribution is -0.165. The maximum atomic E-state index is 11.9. The van der Waals surface area contributed by atoms with Gasteiger partial charge < -0.3 is 19.1 Å². The zero-order chi connectivity index (χ0) is 13.9. The minimum absolute atomic E-state index is 0.159. The van der Waals surface area contributed by atoms with Gasteiger partial charge in [-0.1, -0.05) is 0 Å². The van der Waals surface area contributed by atoms with Gasteiger partial charge in [0.1, 0.15) is 5.60 Å². The zero-order valence-corrected chi connectivity index (χ0v) is 11.6. The zero-order valence-electron chi connectivity index (χ0n) is 11.6. The minimum Gasteiger partial charge on any atom is -0.467 e. The Bertz CT molecular complexity index is 323. The van der Waals surface area contributed by atoms with Crippen LogP contribution >= 0.6 is 0 Å². The largest absolute Gasteiger partial charge is 0.467 e. The maximum absolute atomic E-state index is 11.9. The molecular weight excluding hydrogens is 238 g/mol. The van der Waals surface area contributed by atoms with E-state index in [1.165, 1.54) is 12.0 Å². The van der Waals surface area contributed by atoms with Crippen molar-refractivity contribution in [2.75, 3.05) is 20.2 Å². The second kappa shape index (κ2) is 5.56. The molecule has 1 saturated heterocycles. The predicted octanol–water partition coefficient (Wildman–Crippen LogP) is 1.18. The highest BCUT2D eigenvalue weighted by atomic mass is 16.6. The van der Waals surface area contributed by atoms with E-state index in [0.29, 0.717) is 6.54 Å². The standard InChI is InChI=1S/C12H21NO5/c1-8-6-13(11(15)18-12(2,3)4)7-9(17-8)10(14)16-5/h8-9H,6-7H2,1-5H3/t8-,9+/m0/s1. The lowest BCUT2D eigenvalue weighted by Gasteiger charge is -2.36. The number of amides is 1. The second-order valence-corrected chi connectivity index (χ2v) is 5.34. The second-order valence-electron chi connectivity index (χ2n) is 5.34. The molecule has 1 aliphatic heterocycles. The van der Waals surface area contributed by atoms with Crippen molar-refractivity contribution in [1.29, 1.82) is 0 Å². The normalized spacial score (nSPS) is 24.6. The molecule has 0 saturated carbocycles. The van der Waals surface area contributed by atoms with Crippen molar-refractivity contribution in [3.05, 3.63) is 0 Å². The van der Waals surface area contributed by atoms with Crippen molar-refractivity contribution in [2.24, 2.45) is 0 Å². The van der Waals surface area contributed by atoms with E-state index in [9.17, 15) is 9.59 Å². The van der Waals surface area contributed by atoms with Crippen molar-refractivity contribution in [2.45, 2.75) is 45.5 Å². The summed E-state index contributed by atoms with van der Waals surface area (Å²) >= 11 is 0. The molecule has 6 heteroatoms. The molecule has 0 aromatic heterocycles. The highest BCUT2D eigenvalue weighted by Gasteiger charge is 2.35. The van der Waals surface area contributed by atoms with Gasteiger partial charge in [0, 0.05) is 0 Å². The Hall–Kier alpha value is -1.30. The number of carbonyl (C=O) groups excluding carboxylic acids is 2. The molecule has 104 valence electrons. The average Bonchev–Trinajstić information content (AvgIpc) is 2.24. The SMILES string of the molecule is COC(=O)[C@H]1CN(C(=O)OC(C)(C)C)C[C@H](C)O1. The van der Waals surface area contributed by atoms with Gasteiger partial charge in [-0.2, -0.15) is 0 Å². The van der Waals surface area contributed by atoms with Crippen LogP contribution in [0.15, 0.2) is 0 Å². The fraction of sp³-hybridized carbons (Fsp3) is 0.833. The van der Waals surface area contributed by atoms with Crippen LogP contribution in [0.25, 0.3) is 0 Å². The maximum Gasteiger partial charge on any atom is 0.410 e. The van der Waals surface area contributed by atoms with E-state index in [1.807, 2.05) is 0 Å². The van der Waals surface area contributed by atoms with Gasteiger partial charge in [-0.25, -0.2) is 9.59 Å². The highest BCUT2D eigenvalue weighted by Crippen LogP contribution is 2.16. The summed E-state index contributed by atoms with van der Waals surface area (Å²) in [6.45, 7) is 7.76. The van der Waals surface area contributed by atoms with Crippen molar-refractivity contribution in [3.8, 4) is 0 Å². The molecule has 0 N–H and O–H groups in total. The van der Waals surface area contributed by atoms with Crippen LogP contribution in [0.3, 0.4) is 0 Å². The van der Waals surface area contributed by atoms with Crippen molar-refractivity contribution < 1.29 is 23.8 Å². The number of nitrogens with zero attached hydrogens (tertiary/aromatic N) is 1. The Balaban J connectivity index is 2.66. The molecule has 1 amide bonds. The number of carbonyl (C=O) groups is 2. The molecule has 6 nitrogen and oxygen atoms in total. The smallest absolute Gasteiger partial charge is 0.410 e. The molecule has 0 unspecified atom stereocenters. The predicted molar refractivity (Wildman–Crippen MR) is 64.2 cm³/mol. The Labute approximate surface area is 107 Å². The highest BCUT2D eigenvalue weighted by molar-refractivity contribution is 5.76. The third-order valence-corrected chi connectivity index (χ3v) is 2.38. The van der Waals surface area contributed by atoms with Gasteiger partial charge in [-0.3, -0.25) is 0 Å². The summed E-state index contributed by atoms with van der Waals surface area (Å²) < 4.78 is 15.3. The minimum atomic E-state index is -0.744. The third-order valence-electron chi connectivity index (χ3n) is 2.38. The Kier molecular flexibility index (Phi) is 4.56. The molecule has 0 aliphatic carbocycles. The summed E-state index contributed by atoms with van der Waals surface area (Å²) in [4.78, 5) is 24.8. The monoisotopic (exact) mass is 259 g/mol. The van der Waals surface area contributed by atoms with Crippen LogP contribution in [-0.4, -0.2) is 55.0 Å². The Morgan fingerprint density at radius 2 is 1.89 bits per heavy atom. The van der Waals surface area contributed by atoms with Gasteiger partial charge in [-0.05, 0) is 27.7 Å². The van der Waals surface area contributed by atoms with Gasteiger partial charge in [0.2, 0.25) is 0 Å². The van der Waals surface area contributed by atoms with Crippen LogP contribution < -0.4 is 0 Å². The molecule has 18 heavy (non-hydrogen) atoms. The van der Waals surface area contributed by atoms with Gasteiger partial charge >= 0.3 is 12.1 Å². The van der Waals surface area contributed by atoms with E-state index in [-0.39, 0.29) is 12.6 Å². The van der Waals surface area contributed by atoms with Crippen LogP contribution in [0.4, 0.5) is 4.79 Å². The number of rotatable bonds is 1. The molecular formula is C12H21NO5. The summed E-state index contributed by atoms with van der Waals surface area (Å²) in [7, 11) is 1.29. The molecule has 1 rings (SSSR count). The molecule has 0 spiro atoms. The van der Waals surface area contributed by atoms with E-state index < -0.39 is 23.8 Å². The Morgan fingerprint density at radius 3 is 2.39 bits per heavy atom. The first-order valence-corrected chi connectivity index (χ1v) is 5.94. The fourth-order valence-electron chi connectivity index (χ4n) is 1.69. The van der Waals surface area contributed by atoms with E-state index in [2.05, 4.69) is 4.74 Å². The topological polar surface area (TPSA) is 65.1 Å². The van der Waals surface area contributed by atoms with E-state index >= 15 is 0 Å². The average molecular weight is 259 g/mol.